The van der Waals surface area contributed by atoms with Gasteiger partial charge in [-0.05, 0) is 34.1 Å². The van der Waals surface area contributed by atoms with Crippen molar-refractivity contribution < 1.29 is 18.8 Å². The van der Waals surface area contributed by atoms with E-state index in [2.05, 4.69) is 6.92 Å². The molecule has 1 saturated heterocycles. The highest BCUT2D eigenvalue weighted by molar-refractivity contribution is 7.24. The SMILES string of the molecule is CCCCCCCCOc1cc(C=O)sc1B1OC(C)(C)C(C)(C)O1. The van der Waals surface area contributed by atoms with E-state index in [1.165, 1.54) is 43.4 Å². The fraction of sp³-hybridized carbons (Fsp3) is 0.737. The highest BCUT2D eigenvalue weighted by atomic mass is 32.1. The number of ether oxygens (including phenoxy) is 1. The van der Waals surface area contributed by atoms with Gasteiger partial charge in [-0.3, -0.25) is 4.79 Å². The first-order valence-corrected chi connectivity index (χ1v) is 10.2. The minimum Gasteiger partial charge on any atom is -0.493 e. The number of aldehydes is 1. The van der Waals surface area contributed by atoms with E-state index in [9.17, 15) is 4.79 Å². The van der Waals surface area contributed by atoms with Crippen molar-refractivity contribution >= 4 is 29.5 Å². The molecule has 1 fully saturated rings. The van der Waals surface area contributed by atoms with Crippen LogP contribution in [0.5, 0.6) is 5.75 Å². The Hall–Kier alpha value is -0.845. The van der Waals surface area contributed by atoms with Crippen LogP contribution in [0, 0.1) is 0 Å². The minimum atomic E-state index is -0.483. The number of rotatable bonds is 10. The fourth-order valence-corrected chi connectivity index (χ4v) is 3.64. The van der Waals surface area contributed by atoms with Crippen LogP contribution in [0.2, 0.25) is 0 Å². The molecule has 0 spiro atoms. The van der Waals surface area contributed by atoms with Crippen LogP contribution in [-0.4, -0.2) is 31.2 Å². The lowest BCUT2D eigenvalue weighted by atomic mass is 9.87. The Morgan fingerprint density at radius 3 is 2.28 bits per heavy atom. The summed E-state index contributed by atoms with van der Waals surface area (Å²) in [6.45, 7) is 11.0. The zero-order chi connectivity index (χ0) is 18.5. The van der Waals surface area contributed by atoms with Crippen LogP contribution in [0.3, 0.4) is 0 Å². The Bertz CT molecular complexity index is 552. The molecule has 25 heavy (non-hydrogen) atoms. The smallest absolute Gasteiger partial charge is 0.493 e. The van der Waals surface area contributed by atoms with Crippen LogP contribution in [-0.2, 0) is 9.31 Å². The average molecular weight is 366 g/mol. The van der Waals surface area contributed by atoms with E-state index in [4.69, 9.17) is 14.0 Å². The maximum absolute atomic E-state index is 11.2. The molecule has 0 N–H and O–H groups in total. The van der Waals surface area contributed by atoms with Crippen LogP contribution in [0.15, 0.2) is 6.07 Å². The summed E-state index contributed by atoms with van der Waals surface area (Å²) in [6, 6.07) is 1.80. The van der Waals surface area contributed by atoms with E-state index in [-0.39, 0.29) is 0 Å². The Morgan fingerprint density at radius 1 is 1.08 bits per heavy atom. The largest absolute Gasteiger partial charge is 0.509 e. The van der Waals surface area contributed by atoms with Crippen molar-refractivity contribution in [2.75, 3.05) is 6.61 Å². The first kappa shape index (κ1) is 20.5. The molecule has 1 aromatic heterocycles. The first-order valence-electron chi connectivity index (χ1n) is 9.38. The van der Waals surface area contributed by atoms with Crippen molar-refractivity contribution in [3.05, 3.63) is 10.9 Å². The lowest BCUT2D eigenvalue weighted by Gasteiger charge is -2.32. The van der Waals surface area contributed by atoms with Crippen molar-refractivity contribution in [1.29, 1.82) is 0 Å². The second-order valence-corrected chi connectivity index (χ2v) is 8.81. The summed E-state index contributed by atoms with van der Waals surface area (Å²) in [5.41, 5.74) is -0.806. The number of hydrogen-bond acceptors (Lipinski definition) is 5. The van der Waals surface area contributed by atoms with Crippen molar-refractivity contribution in [2.24, 2.45) is 0 Å². The predicted molar refractivity (Wildman–Crippen MR) is 104 cm³/mol. The summed E-state index contributed by atoms with van der Waals surface area (Å²) in [6.07, 6.45) is 8.18. The molecular weight excluding hydrogens is 335 g/mol. The summed E-state index contributed by atoms with van der Waals surface area (Å²) in [4.78, 5) is 11.8. The molecule has 0 bridgehead atoms. The van der Waals surface area contributed by atoms with Crippen molar-refractivity contribution in [3.63, 3.8) is 0 Å². The summed E-state index contributed by atoms with van der Waals surface area (Å²) in [7, 11) is -0.483. The standard InChI is InChI=1S/C19H31BO4S/c1-6-7-8-9-10-11-12-22-16-13-15(14-21)25-17(16)20-23-18(2,3)19(4,5)24-20/h13-14H,6-12H2,1-5H3. The average Bonchev–Trinajstić information content (AvgIpc) is 3.04. The molecule has 1 aliphatic heterocycles. The zero-order valence-corrected chi connectivity index (χ0v) is 17.0. The van der Waals surface area contributed by atoms with Crippen LogP contribution in [0.25, 0.3) is 0 Å². The van der Waals surface area contributed by atoms with Gasteiger partial charge in [0, 0.05) is 6.07 Å². The molecule has 0 amide bonds. The van der Waals surface area contributed by atoms with Gasteiger partial charge in [0.2, 0.25) is 0 Å². The van der Waals surface area contributed by atoms with Crippen LogP contribution in [0.1, 0.15) is 82.8 Å². The number of thiophene rings is 1. The maximum Gasteiger partial charge on any atom is 0.509 e. The quantitative estimate of drug-likeness (QED) is 0.345. The number of carbonyl (C=O) groups is 1. The molecule has 0 radical (unpaired) electrons. The fourth-order valence-electron chi connectivity index (χ4n) is 2.76. The molecule has 0 saturated carbocycles. The maximum atomic E-state index is 11.2. The third-order valence-corrected chi connectivity index (χ3v) is 6.15. The Labute approximate surface area is 156 Å². The lowest BCUT2D eigenvalue weighted by molar-refractivity contribution is 0.00578. The van der Waals surface area contributed by atoms with Crippen molar-refractivity contribution in [3.8, 4) is 5.75 Å². The van der Waals surface area contributed by atoms with Gasteiger partial charge in [0.1, 0.15) is 5.75 Å². The molecule has 1 aromatic rings. The summed E-state index contributed by atoms with van der Waals surface area (Å²) in [5.74, 6) is 0.721. The van der Waals surface area contributed by atoms with E-state index >= 15 is 0 Å². The summed E-state index contributed by atoms with van der Waals surface area (Å²) < 4.78 is 19.0. The molecule has 2 heterocycles. The first-order chi connectivity index (χ1) is 11.8. The van der Waals surface area contributed by atoms with Gasteiger partial charge >= 0.3 is 7.12 Å². The molecule has 0 unspecified atom stereocenters. The van der Waals surface area contributed by atoms with E-state index in [1.807, 2.05) is 27.7 Å². The zero-order valence-electron chi connectivity index (χ0n) is 16.2. The van der Waals surface area contributed by atoms with Gasteiger partial charge in [0.05, 0.1) is 27.5 Å². The Kier molecular flexibility index (Phi) is 7.12. The van der Waals surface area contributed by atoms with Gasteiger partial charge in [-0.1, -0.05) is 39.0 Å². The third-order valence-electron chi connectivity index (χ3n) is 5.08. The van der Waals surface area contributed by atoms with Gasteiger partial charge in [-0.25, -0.2) is 0 Å². The topological polar surface area (TPSA) is 44.8 Å². The number of hydrogen-bond donors (Lipinski definition) is 0. The van der Waals surface area contributed by atoms with Crippen molar-refractivity contribution in [1.82, 2.24) is 0 Å². The van der Waals surface area contributed by atoms with Gasteiger partial charge in [0.15, 0.2) is 6.29 Å². The minimum absolute atomic E-state index is 0.403. The van der Waals surface area contributed by atoms with Crippen LogP contribution in [0.4, 0.5) is 0 Å². The monoisotopic (exact) mass is 366 g/mol. The number of carbonyl (C=O) groups excluding carboxylic acids is 1. The highest BCUT2D eigenvalue weighted by Gasteiger charge is 2.53. The van der Waals surface area contributed by atoms with Gasteiger partial charge in [0.25, 0.3) is 0 Å². The number of unbranched alkanes of at least 4 members (excludes halogenated alkanes) is 5. The Morgan fingerprint density at radius 2 is 1.68 bits per heavy atom. The summed E-state index contributed by atoms with van der Waals surface area (Å²) >= 11 is 1.39. The molecule has 1 aliphatic rings. The molecule has 0 aromatic carbocycles. The molecule has 0 atom stereocenters. The molecule has 140 valence electrons. The van der Waals surface area contributed by atoms with E-state index in [1.54, 1.807) is 6.07 Å². The Balaban J connectivity index is 1.96. The van der Waals surface area contributed by atoms with Crippen molar-refractivity contribution in [2.45, 2.75) is 84.3 Å². The molecule has 0 aliphatic carbocycles. The normalized spacial score (nSPS) is 18.5. The van der Waals surface area contributed by atoms with Crippen LogP contribution < -0.4 is 9.51 Å². The second-order valence-electron chi connectivity index (χ2n) is 7.70. The van der Waals surface area contributed by atoms with Gasteiger partial charge < -0.3 is 14.0 Å². The van der Waals surface area contributed by atoms with Gasteiger partial charge in [-0.15, -0.1) is 11.3 Å². The van der Waals surface area contributed by atoms with E-state index in [0.717, 1.165) is 23.2 Å². The predicted octanol–water partition coefficient (Wildman–Crippen LogP) is 4.60. The molecule has 2 rings (SSSR count). The summed E-state index contributed by atoms with van der Waals surface area (Å²) in [5, 5.41) is 0. The molecule has 4 nitrogen and oxygen atoms in total. The van der Waals surface area contributed by atoms with Gasteiger partial charge in [-0.2, -0.15) is 0 Å². The second kappa shape index (κ2) is 8.69. The van der Waals surface area contributed by atoms with E-state index < -0.39 is 18.3 Å². The lowest BCUT2D eigenvalue weighted by Crippen LogP contribution is -2.41. The third kappa shape index (κ3) is 5.08. The molecule has 6 heteroatoms. The van der Waals surface area contributed by atoms with E-state index in [0.29, 0.717) is 11.5 Å². The van der Waals surface area contributed by atoms with Crippen LogP contribution >= 0.6 is 11.3 Å². The highest BCUT2D eigenvalue weighted by Crippen LogP contribution is 2.38. The molecular formula is C19H31BO4S.